The first-order chi connectivity index (χ1) is 10.3. The Bertz CT molecular complexity index is 357. The van der Waals surface area contributed by atoms with Crippen LogP contribution >= 0.6 is 0 Å². The molecule has 4 nitrogen and oxygen atoms in total. The fourth-order valence-electron chi connectivity index (χ4n) is 2.49. The van der Waals surface area contributed by atoms with Gasteiger partial charge in [0.2, 0.25) is 0 Å². The predicted octanol–water partition coefficient (Wildman–Crippen LogP) is 2.22. The summed E-state index contributed by atoms with van der Waals surface area (Å²) < 4.78 is 12.1. The molecule has 0 aromatic heterocycles. The summed E-state index contributed by atoms with van der Waals surface area (Å²) >= 11 is 0. The normalized spacial score (nSPS) is 11.8. The minimum Gasteiger partial charge on any atom is -0.394 e. The van der Waals surface area contributed by atoms with Crippen molar-refractivity contribution in [1.29, 1.82) is 0 Å². The number of hydrogen-bond donors (Lipinski definition) is 2. The minimum absolute atomic E-state index is 0.646. The maximum atomic E-state index is 6.07. The van der Waals surface area contributed by atoms with E-state index in [1.54, 1.807) is 0 Å². The van der Waals surface area contributed by atoms with Crippen molar-refractivity contribution < 1.29 is 8.85 Å². The molecular formula is C16H30N2O2Si. The second-order valence-corrected chi connectivity index (χ2v) is 8.33. The topological polar surface area (TPSA) is 56.5 Å². The van der Waals surface area contributed by atoms with Gasteiger partial charge in [0.25, 0.3) is 0 Å². The Morgan fingerprint density at radius 1 is 1.10 bits per heavy atom. The van der Waals surface area contributed by atoms with E-state index in [4.69, 9.17) is 14.6 Å². The van der Waals surface area contributed by atoms with Crippen LogP contribution in [-0.2, 0) is 15.3 Å². The number of nitrogens with two attached hydrogens (primary N) is 1. The zero-order valence-electron chi connectivity index (χ0n) is 13.4. The lowest BCUT2D eigenvalue weighted by atomic mass is 10.1. The summed E-state index contributed by atoms with van der Waals surface area (Å²) in [6.07, 6.45) is 2.99. The Labute approximate surface area is 130 Å². The summed E-state index contributed by atoms with van der Waals surface area (Å²) in [6.45, 7) is 6.96. The summed E-state index contributed by atoms with van der Waals surface area (Å²) in [6, 6.07) is 11.6. The van der Waals surface area contributed by atoms with Crippen molar-refractivity contribution in [1.82, 2.24) is 5.32 Å². The van der Waals surface area contributed by atoms with Crippen molar-refractivity contribution in [3.8, 4) is 0 Å². The van der Waals surface area contributed by atoms with E-state index in [9.17, 15) is 0 Å². The Kier molecular flexibility index (Phi) is 9.53. The molecule has 0 spiro atoms. The van der Waals surface area contributed by atoms with Gasteiger partial charge in [-0.2, -0.15) is 0 Å². The molecule has 0 bridgehead atoms. The van der Waals surface area contributed by atoms with Crippen molar-refractivity contribution in [2.45, 2.75) is 32.7 Å². The van der Waals surface area contributed by atoms with Crippen LogP contribution in [0.25, 0.3) is 0 Å². The minimum atomic E-state index is -2.15. The molecule has 0 aliphatic heterocycles. The van der Waals surface area contributed by atoms with E-state index in [1.807, 2.05) is 13.8 Å². The maximum absolute atomic E-state index is 6.07. The van der Waals surface area contributed by atoms with E-state index >= 15 is 0 Å². The summed E-state index contributed by atoms with van der Waals surface area (Å²) in [5, 5.41) is 3.38. The summed E-state index contributed by atoms with van der Waals surface area (Å²) in [7, 11) is -2.15. The van der Waals surface area contributed by atoms with Crippen LogP contribution in [0.3, 0.4) is 0 Å². The third-order valence-corrected chi connectivity index (χ3v) is 6.93. The lowest BCUT2D eigenvalue weighted by Gasteiger charge is -2.30. The first kappa shape index (κ1) is 18.3. The largest absolute Gasteiger partial charge is 0.394 e. The van der Waals surface area contributed by atoms with E-state index in [0.717, 1.165) is 31.6 Å². The maximum Gasteiger partial charge on any atom is 0.352 e. The average Bonchev–Trinajstić information content (AvgIpc) is 2.49. The summed E-state index contributed by atoms with van der Waals surface area (Å²) in [5.74, 6) is 0. The molecule has 0 atom stereocenters. The van der Waals surface area contributed by atoms with Gasteiger partial charge in [0.15, 0.2) is 0 Å². The van der Waals surface area contributed by atoms with Crippen LogP contribution in [0.1, 0.15) is 25.8 Å². The Morgan fingerprint density at radius 3 is 2.33 bits per heavy atom. The van der Waals surface area contributed by atoms with Gasteiger partial charge in [-0.1, -0.05) is 30.3 Å². The summed E-state index contributed by atoms with van der Waals surface area (Å²) in [5.41, 5.74) is 6.93. The van der Waals surface area contributed by atoms with Gasteiger partial charge in [-0.05, 0) is 38.3 Å². The molecule has 21 heavy (non-hydrogen) atoms. The average molecular weight is 311 g/mol. The highest BCUT2D eigenvalue weighted by atomic mass is 28.4. The van der Waals surface area contributed by atoms with E-state index in [0.29, 0.717) is 19.8 Å². The Hall–Kier alpha value is -0.723. The molecule has 3 N–H and O–H groups in total. The lowest BCUT2D eigenvalue weighted by molar-refractivity contribution is 0.180. The Balaban J connectivity index is 2.53. The number of rotatable bonds is 12. The first-order valence-electron chi connectivity index (χ1n) is 7.99. The highest BCUT2D eigenvalue weighted by Crippen LogP contribution is 2.18. The molecule has 0 fully saturated rings. The van der Waals surface area contributed by atoms with Crippen molar-refractivity contribution in [3.05, 3.63) is 35.9 Å². The van der Waals surface area contributed by atoms with Crippen LogP contribution in [0.15, 0.2) is 30.3 Å². The molecule has 5 heteroatoms. The monoisotopic (exact) mass is 310 g/mol. The second kappa shape index (κ2) is 10.9. The van der Waals surface area contributed by atoms with Crippen LogP contribution in [0.5, 0.6) is 0 Å². The quantitative estimate of drug-likeness (QED) is 0.459. The molecule has 120 valence electrons. The predicted molar refractivity (Wildman–Crippen MR) is 90.5 cm³/mol. The molecule has 0 heterocycles. The highest BCUT2D eigenvalue weighted by molar-refractivity contribution is 6.67. The van der Waals surface area contributed by atoms with Gasteiger partial charge in [0.1, 0.15) is 0 Å². The molecule has 0 saturated heterocycles. The van der Waals surface area contributed by atoms with Crippen molar-refractivity contribution in [3.63, 3.8) is 0 Å². The number of benzene rings is 1. The molecule has 1 rings (SSSR count). The fraction of sp³-hybridized carbons (Fsp3) is 0.625. The van der Waals surface area contributed by atoms with Crippen LogP contribution in [-0.4, -0.2) is 41.0 Å². The van der Waals surface area contributed by atoms with Crippen molar-refractivity contribution in [2.24, 2.45) is 5.73 Å². The van der Waals surface area contributed by atoms with E-state index in [2.05, 4.69) is 35.6 Å². The Morgan fingerprint density at radius 2 is 1.76 bits per heavy atom. The number of hydrogen-bond acceptors (Lipinski definition) is 4. The standard InChI is InChI=1S/C16H30N2O2Si/c1-3-19-21(20-4-2,15-18-13-12-17)14-8-11-16-9-6-5-7-10-16/h5-7,9-10,18H,3-4,8,11-15,17H2,1-2H3. The number of nitrogens with one attached hydrogen (secondary N) is 1. The molecule has 0 radical (unpaired) electrons. The van der Waals surface area contributed by atoms with Crippen molar-refractivity contribution >= 4 is 8.56 Å². The highest BCUT2D eigenvalue weighted by Gasteiger charge is 2.36. The fourth-order valence-corrected chi connectivity index (χ4v) is 5.57. The lowest BCUT2D eigenvalue weighted by Crippen LogP contribution is -2.52. The smallest absolute Gasteiger partial charge is 0.352 e. The van der Waals surface area contributed by atoms with Gasteiger partial charge in [0, 0.05) is 32.5 Å². The molecule has 0 amide bonds. The van der Waals surface area contributed by atoms with Crippen molar-refractivity contribution in [2.75, 3.05) is 32.5 Å². The molecular weight excluding hydrogens is 280 g/mol. The van der Waals surface area contributed by atoms with Gasteiger partial charge in [-0.15, -0.1) is 0 Å². The zero-order valence-corrected chi connectivity index (χ0v) is 14.4. The van der Waals surface area contributed by atoms with Crippen LogP contribution in [0.4, 0.5) is 0 Å². The first-order valence-corrected chi connectivity index (χ1v) is 10.2. The zero-order chi connectivity index (χ0) is 15.4. The molecule has 0 unspecified atom stereocenters. The van der Waals surface area contributed by atoms with Gasteiger partial charge in [-0.3, -0.25) is 0 Å². The third kappa shape index (κ3) is 7.20. The van der Waals surface area contributed by atoms with Crippen LogP contribution in [0.2, 0.25) is 6.04 Å². The van der Waals surface area contributed by atoms with Gasteiger partial charge in [-0.25, -0.2) is 0 Å². The molecule has 0 aliphatic carbocycles. The van der Waals surface area contributed by atoms with E-state index in [-0.39, 0.29) is 0 Å². The second-order valence-electron chi connectivity index (χ2n) is 5.08. The van der Waals surface area contributed by atoms with E-state index < -0.39 is 8.56 Å². The van der Waals surface area contributed by atoms with Gasteiger partial charge < -0.3 is 19.9 Å². The van der Waals surface area contributed by atoms with Gasteiger partial charge >= 0.3 is 8.56 Å². The van der Waals surface area contributed by atoms with Crippen LogP contribution < -0.4 is 11.1 Å². The molecule has 1 aromatic rings. The van der Waals surface area contributed by atoms with Gasteiger partial charge in [0.05, 0.1) is 0 Å². The number of aryl methyl sites for hydroxylation is 1. The molecule has 1 aromatic carbocycles. The SMILES string of the molecule is CCO[Si](CCCc1ccccc1)(CNCCN)OCC. The van der Waals surface area contributed by atoms with Crippen LogP contribution in [0, 0.1) is 0 Å². The molecule has 0 aliphatic rings. The van der Waals surface area contributed by atoms with E-state index in [1.165, 1.54) is 5.56 Å². The third-order valence-electron chi connectivity index (χ3n) is 3.40. The summed E-state index contributed by atoms with van der Waals surface area (Å²) in [4.78, 5) is 0. The molecule has 0 saturated carbocycles.